The molecule has 0 fully saturated rings. The first-order chi connectivity index (χ1) is 8.65. The van der Waals surface area contributed by atoms with Gasteiger partial charge in [-0.1, -0.05) is 28.1 Å². The highest BCUT2D eigenvalue weighted by Crippen LogP contribution is 2.09. The SMILES string of the molecule is Cn1nnc([C@H](O)CN=Cc2ccc(Br)cc2)n1. The third-order valence-corrected chi connectivity index (χ3v) is 2.74. The van der Waals surface area contributed by atoms with E-state index < -0.39 is 6.10 Å². The maximum atomic E-state index is 9.76. The quantitative estimate of drug-likeness (QED) is 0.859. The highest BCUT2D eigenvalue weighted by atomic mass is 79.9. The number of nitrogens with zero attached hydrogens (tertiary/aromatic N) is 5. The third kappa shape index (κ3) is 3.44. The van der Waals surface area contributed by atoms with Crippen LogP contribution < -0.4 is 0 Å². The fraction of sp³-hybridized carbons (Fsp3) is 0.273. The summed E-state index contributed by atoms with van der Waals surface area (Å²) in [5.41, 5.74) is 0.970. The Kier molecular flexibility index (Phi) is 4.16. The van der Waals surface area contributed by atoms with Crippen LogP contribution in [0.4, 0.5) is 0 Å². The van der Waals surface area contributed by atoms with Crippen LogP contribution in [-0.4, -0.2) is 38.1 Å². The number of aliphatic hydroxyl groups excluding tert-OH is 1. The minimum atomic E-state index is -0.828. The van der Waals surface area contributed by atoms with Crippen LogP contribution in [0.25, 0.3) is 0 Å². The molecule has 0 radical (unpaired) electrons. The summed E-state index contributed by atoms with van der Waals surface area (Å²) in [7, 11) is 1.65. The van der Waals surface area contributed by atoms with E-state index >= 15 is 0 Å². The number of rotatable bonds is 4. The van der Waals surface area contributed by atoms with Gasteiger partial charge in [0.05, 0.1) is 13.6 Å². The number of tetrazole rings is 1. The van der Waals surface area contributed by atoms with E-state index in [4.69, 9.17) is 0 Å². The Morgan fingerprint density at radius 2 is 2.17 bits per heavy atom. The van der Waals surface area contributed by atoms with Crippen LogP contribution in [-0.2, 0) is 7.05 Å². The summed E-state index contributed by atoms with van der Waals surface area (Å²) in [5.74, 6) is 0.283. The van der Waals surface area contributed by atoms with E-state index in [1.807, 2.05) is 24.3 Å². The molecule has 0 bridgehead atoms. The first-order valence-electron chi connectivity index (χ1n) is 5.32. The van der Waals surface area contributed by atoms with E-state index in [0.717, 1.165) is 10.0 Å². The number of aliphatic hydroxyl groups is 1. The summed E-state index contributed by atoms with van der Waals surface area (Å²) in [5, 5.41) is 21.0. The summed E-state index contributed by atoms with van der Waals surface area (Å²) < 4.78 is 1.02. The minimum absolute atomic E-state index is 0.210. The highest BCUT2D eigenvalue weighted by molar-refractivity contribution is 9.10. The second-order valence-corrected chi connectivity index (χ2v) is 4.61. The van der Waals surface area contributed by atoms with E-state index in [2.05, 4.69) is 36.3 Å². The zero-order chi connectivity index (χ0) is 13.0. The molecule has 1 heterocycles. The lowest BCUT2D eigenvalue weighted by atomic mass is 10.2. The molecule has 0 amide bonds. The summed E-state index contributed by atoms with van der Waals surface area (Å²) in [6.45, 7) is 0.210. The number of aryl methyl sites for hydroxylation is 1. The topological polar surface area (TPSA) is 76.2 Å². The monoisotopic (exact) mass is 309 g/mol. The van der Waals surface area contributed by atoms with Crippen LogP contribution in [0.15, 0.2) is 33.7 Å². The van der Waals surface area contributed by atoms with E-state index in [-0.39, 0.29) is 12.4 Å². The lowest BCUT2D eigenvalue weighted by Crippen LogP contribution is -2.05. The molecular formula is C11H12BrN5O. The average molecular weight is 310 g/mol. The second kappa shape index (κ2) is 5.83. The van der Waals surface area contributed by atoms with Crippen molar-refractivity contribution in [2.45, 2.75) is 6.10 Å². The fourth-order valence-corrected chi connectivity index (χ4v) is 1.58. The normalized spacial score (nSPS) is 13.1. The van der Waals surface area contributed by atoms with E-state index in [1.54, 1.807) is 13.3 Å². The van der Waals surface area contributed by atoms with Crippen LogP contribution in [0.3, 0.4) is 0 Å². The molecule has 94 valence electrons. The first kappa shape index (κ1) is 12.8. The Labute approximate surface area is 112 Å². The first-order valence-corrected chi connectivity index (χ1v) is 6.12. The van der Waals surface area contributed by atoms with Gasteiger partial charge in [-0.05, 0) is 22.9 Å². The molecule has 0 aliphatic carbocycles. The van der Waals surface area contributed by atoms with Gasteiger partial charge in [0.25, 0.3) is 0 Å². The van der Waals surface area contributed by atoms with Crippen molar-refractivity contribution in [1.29, 1.82) is 0 Å². The van der Waals surface area contributed by atoms with Crippen molar-refractivity contribution in [1.82, 2.24) is 20.2 Å². The lowest BCUT2D eigenvalue weighted by Gasteiger charge is -2.00. The van der Waals surface area contributed by atoms with Gasteiger partial charge in [0.2, 0.25) is 5.82 Å². The average Bonchev–Trinajstić information content (AvgIpc) is 2.78. The summed E-state index contributed by atoms with van der Waals surface area (Å²) in [6.07, 6.45) is 0.872. The van der Waals surface area contributed by atoms with Gasteiger partial charge in [0.1, 0.15) is 6.10 Å². The van der Waals surface area contributed by atoms with E-state index in [9.17, 15) is 5.11 Å². The summed E-state index contributed by atoms with van der Waals surface area (Å²) in [4.78, 5) is 5.45. The molecule has 0 unspecified atom stereocenters. The van der Waals surface area contributed by atoms with E-state index in [0.29, 0.717) is 0 Å². The molecular weight excluding hydrogens is 298 g/mol. The molecule has 2 rings (SSSR count). The van der Waals surface area contributed by atoms with E-state index in [1.165, 1.54) is 4.80 Å². The molecule has 1 N–H and O–H groups in total. The summed E-state index contributed by atoms with van der Waals surface area (Å²) >= 11 is 3.36. The smallest absolute Gasteiger partial charge is 0.205 e. The van der Waals surface area contributed by atoms with Gasteiger partial charge >= 0.3 is 0 Å². The molecule has 0 spiro atoms. The van der Waals surface area contributed by atoms with Crippen molar-refractivity contribution in [2.24, 2.45) is 12.0 Å². The Morgan fingerprint density at radius 1 is 1.44 bits per heavy atom. The fourth-order valence-electron chi connectivity index (χ4n) is 1.32. The van der Waals surface area contributed by atoms with Crippen LogP contribution in [0.2, 0.25) is 0 Å². The number of benzene rings is 1. The predicted octanol–water partition coefficient (Wildman–Crippen LogP) is 1.13. The van der Waals surface area contributed by atoms with Gasteiger partial charge < -0.3 is 5.11 Å². The van der Waals surface area contributed by atoms with Crippen molar-refractivity contribution in [3.8, 4) is 0 Å². The third-order valence-electron chi connectivity index (χ3n) is 2.21. The van der Waals surface area contributed by atoms with Crippen LogP contribution in [0.1, 0.15) is 17.5 Å². The Balaban J connectivity index is 1.93. The minimum Gasteiger partial charge on any atom is -0.383 e. The van der Waals surface area contributed by atoms with Crippen molar-refractivity contribution in [2.75, 3.05) is 6.54 Å². The molecule has 7 heteroatoms. The van der Waals surface area contributed by atoms with Crippen LogP contribution in [0, 0.1) is 0 Å². The molecule has 6 nitrogen and oxygen atoms in total. The van der Waals surface area contributed by atoms with Crippen LogP contribution >= 0.6 is 15.9 Å². The van der Waals surface area contributed by atoms with Gasteiger partial charge in [-0.25, -0.2) is 0 Å². The number of hydrogen-bond donors (Lipinski definition) is 1. The maximum Gasteiger partial charge on any atom is 0.205 e. The van der Waals surface area contributed by atoms with Crippen molar-refractivity contribution >= 4 is 22.1 Å². The standard InChI is InChI=1S/C11H12BrN5O/c1-17-15-11(14-16-17)10(18)7-13-6-8-2-4-9(12)5-3-8/h2-6,10,18H,7H2,1H3/t10-/m1/s1. The lowest BCUT2D eigenvalue weighted by molar-refractivity contribution is 0.177. The molecule has 0 aliphatic heterocycles. The Hall–Kier alpha value is -1.60. The summed E-state index contributed by atoms with van der Waals surface area (Å²) in [6, 6.07) is 7.73. The number of hydrogen-bond acceptors (Lipinski definition) is 5. The highest BCUT2D eigenvalue weighted by Gasteiger charge is 2.11. The van der Waals surface area contributed by atoms with Gasteiger partial charge in [0, 0.05) is 10.7 Å². The maximum absolute atomic E-state index is 9.76. The molecule has 18 heavy (non-hydrogen) atoms. The molecule has 0 aliphatic rings. The largest absolute Gasteiger partial charge is 0.383 e. The van der Waals surface area contributed by atoms with Crippen molar-refractivity contribution < 1.29 is 5.11 Å². The van der Waals surface area contributed by atoms with Gasteiger partial charge in [-0.15, -0.1) is 10.2 Å². The van der Waals surface area contributed by atoms with Crippen molar-refractivity contribution in [3.63, 3.8) is 0 Å². The van der Waals surface area contributed by atoms with Crippen LogP contribution in [0.5, 0.6) is 0 Å². The van der Waals surface area contributed by atoms with Gasteiger partial charge in [-0.2, -0.15) is 4.80 Å². The molecule has 1 aromatic heterocycles. The molecule has 1 atom stereocenters. The van der Waals surface area contributed by atoms with Crippen molar-refractivity contribution in [3.05, 3.63) is 40.1 Å². The Morgan fingerprint density at radius 3 is 2.78 bits per heavy atom. The zero-order valence-corrected chi connectivity index (χ0v) is 11.3. The molecule has 0 saturated carbocycles. The zero-order valence-electron chi connectivity index (χ0n) is 9.73. The molecule has 2 aromatic rings. The Bertz CT molecular complexity index is 537. The van der Waals surface area contributed by atoms with Gasteiger partial charge in [-0.3, -0.25) is 4.99 Å². The molecule has 0 saturated heterocycles. The van der Waals surface area contributed by atoms with Gasteiger partial charge in [0.15, 0.2) is 0 Å². The molecule has 1 aromatic carbocycles. The number of aliphatic imine (C=N–C) groups is 1. The second-order valence-electron chi connectivity index (χ2n) is 3.70. The number of aromatic nitrogens is 4. The predicted molar refractivity (Wildman–Crippen MR) is 70.4 cm³/mol. The number of halogens is 1.